The first-order valence-electron chi connectivity index (χ1n) is 6.44. The van der Waals surface area contributed by atoms with Crippen LogP contribution < -0.4 is 5.73 Å². The van der Waals surface area contributed by atoms with Crippen LogP contribution in [0.25, 0.3) is 11.4 Å². The van der Waals surface area contributed by atoms with E-state index in [1.807, 2.05) is 7.05 Å². The molecule has 2 rings (SSSR count). The number of aromatic nitrogens is 3. The first-order chi connectivity index (χ1) is 8.74. The van der Waals surface area contributed by atoms with Crippen LogP contribution in [0.1, 0.15) is 31.2 Å². The van der Waals surface area contributed by atoms with Crippen LogP contribution in [0, 0.1) is 0 Å². The van der Waals surface area contributed by atoms with E-state index in [2.05, 4.69) is 41.3 Å². The molecular formula is C14H20N4. The van der Waals surface area contributed by atoms with Gasteiger partial charge in [0.05, 0.1) is 6.54 Å². The summed E-state index contributed by atoms with van der Waals surface area (Å²) in [4.78, 5) is 4.42. The van der Waals surface area contributed by atoms with Crippen LogP contribution >= 0.6 is 0 Å². The maximum atomic E-state index is 5.60. The Labute approximate surface area is 108 Å². The van der Waals surface area contributed by atoms with Gasteiger partial charge in [-0.25, -0.2) is 4.98 Å². The normalized spacial score (nSPS) is 10.8. The highest BCUT2D eigenvalue weighted by molar-refractivity contribution is 5.55. The molecule has 4 heteroatoms. The van der Waals surface area contributed by atoms with Crippen LogP contribution in [0.15, 0.2) is 24.3 Å². The Kier molecular flexibility index (Phi) is 4.10. The lowest BCUT2D eigenvalue weighted by Crippen LogP contribution is -2.05. The second kappa shape index (κ2) is 5.78. The Morgan fingerprint density at radius 3 is 2.50 bits per heavy atom. The molecule has 0 saturated heterocycles. The van der Waals surface area contributed by atoms with Crippen molar-refractivity contribution in [3.63, 3.8) is 0 Å². The molecule has 4 nitrogen and oxygen atoms in total. The molecule has 0 atom stereocenters. The molecule has 1 aromatic carbocycles. The first-order valence-corrected chi connectivity index (χ1v) is 6.44. The summed E-state index contributed by atoms with van der Waals surface area (Å²) in [5, 5.41) is 4.37. The van der Waals surface area contributed by atoms with Gasteiger partial charge < -0.3 is 5.73 Å². The summed E-state index contributed by atoms with van der Waals surface area (Å²) >= 11 is 0. The lowest BCUT2D eigenvalue weighted by Gasteiger charge is -2.00. The average Bonchev–Trinajstić information content (AvgIpc) is 2.78. The Balaban J connectivity index is 2.17. The van der Waals surface area contributed by atoms with Crippen molar-refractivity contribution in [3.8, 4) is 11.4 Å². The van der Waals surface area contributed by atoms with Gasteiger partial charge in [-0.15, -0.1) is 0 Å². The van der Waals surface area contributed by atoms with E-state index in [0.717, 1.165) is 23.6 Å². The molecular weight excluding hydrogens is 224 g/mol. The zero-order valence-electron chi connectivity index (χ0n) is 11.1. The molecule has 2 aromatic rings. The largest absolute Gasteiger partial charge is 0.324 e. The van der Waals surface area contributed by atoms with Crippen molar-refractivity contribution in [1.82, 2.24) is 14.8 Å². The molecule has 0 aliphatic heterocycles. The predicted octanol–water partition coefficient (Wildman–Crippen LogP) is 2.28. The topological polar surface area (TPSA) is 56.7 Å². The third-order valence-corrected chi connectivity index (χ3v) is 3.07. The number of hydrogen-bond acceptors (Lipinski definition) is 3. The van der Waals surface area contributed by atoms with Gasteiger partial charge in [0.2, 0.25) is 0 Å². The minimum atomic E-state index is 0.415. The third kappa shape index (κ3) is 2.76. The Morgan fingerprint density at radius 2 is 1.94 bits per heavy atom. The fraction of sp³-hybridized carbons (Fsp3) is 0.429. The number of benzene rings is 1. The van der Waals surface area contributed by atoms with Gasteiger partial charge in [-0.3, -0.25) is 4.68 Å². The van der Waals surface area contributed by atoms with Gasteiger partial charge >= 0.3 is 0 Å². The summed E-state index contributed by atoms with van der Waals surface area (Å²) < 4.78 is 1.74. The maximum Gasteiger partial charge on any atom is 0.181 e. The summed E-state index contributed by atoms with van der Waals surface area (Å²) in [5.41, 5.74) is 8.02. The summed E-state index contributed by atoms with van der Waals surface area (Å²) in [6.07, 6.45) is 3.60. The Bertz CT molecular complexity index is 499. The summed E-state index contributed by atoms with van der Waals surface area (Å²) in [5.74, 6) is 1.56. The summed E-state index contributed by atoms with van der Waals surface area (Å²) in [6, 6.07) is 8.48. The Morgan fingerprint density at radius 1 is 1.22 bits per heavy atom. The van der Waals surface area contributed by atoms with Gasteiger partial charge in [0.15, 0.2) is 5.82 Å². The van der Waals surface area contributed by atoms with Crippen molar-refractivity contribution in [2.24, 2.45) is 12.8 Å². The van der Waals surface area contributed by atoms with E-state index in [9.17, 15) is 0 Å². The number of unbranched alkanes of at least 4 members (excludes halogenated alkanes) is 1. The highest BCUT2D eigenvalue weighted by Crippen LogP contribution is 2.17. The number of nitrogens with zero attached hydrogens (tertiary/aromatic N) is 3. The quantitative estimate of drug-likeness (QED) is 0.878. The monoisotopic (exact) mass is 244 g/mol. The van der Waals surface area contributed by atoms with E-state index < -0.39 is 0 Å². The molecule has 1 aromatic heterocycles. The molecule has 0 aliphatic carbocycles. The number of rotatable bonds is 5. The highest BCUT2D eigenvalue weighted by atomic mass is 15.3. The molecule has 0 bridgehead atoms. The Hall–Kier alpha value is -1.68. The molecule has 0 fully saturated rings. The van der Waals surface area contributed by atoms with Crippen LogP contribution in [-0.4, -0.2) is 14.8 Å². The summed E-state index contributed by atoms with van der Waals surface area (Å²) in [7, 11) is 1.87. The second-order valence-corrected chi connectivity index (χ2v) is 4.48. The van der Waals surface area contributed by atoms with Gasteiger partial charge in [0.25, 0.3) is 0 Å². The smallest absolute Gasteiger partial charge is 0.181 e. The first kappa shape index (κ1) is 12.8. The molecule has 0 spiro atoms. The van der Waals surface area contributed by atoms with Gasteiger partial charge in [0.1, 0.15) is 5.82 Å². The van der Waals surface area contributed by atoms with E-state index in [0.29, 0.717) is 6.54 Å². The van der Waals surface area contributed by atoms with Crippen molar-refractivity contribution in [1.29, 1.82) is 0 Å². The van der Waals surface area contributed by atoms with E-state index in [-0.39, 0.29) is 0 Å². The van der Waals surface area contributed by atoms with E-state index in [4.69, 9.17) is 5.73 Å². The van der Waals surface area contributed by atoms with Crippen LogP contribution in [0.4, 0.5) is 0 Å². The van der Waals surface area contributed by atoms with Crippen molar-refractivity contribution in [3.05, 3.63) is 35.7 Å². The van der Waals surface area contributed by atoms with E-state index >= 15 is 0 Å². The van der Waals surface area contributed by atoms with Crippen molar-refractivity contribution < 1.29 is 0 Å². The molecule has 1 heterocycles. The van der Waals surface area contributed by atoms with Gasteiger partial charge in [-0.05, 0) is 18.4 Å². The number of nitrogens with two attached hydrogens (primary N) is 1. The SMILES string of the molecule is CCCCc1ccc(-c2nc(CN)n(C)n2)cc1. The van der Waals surface area contributed by atoms with E-state index in [1.165, 1.54) is 18.4 Å². The third-order valence-electron chi connectivity index (χ3n) is 3.07. The standard InChI is InChI=1S/C14H20N4/c1-3-4-5-11-6-8-12(9-7-11)14-16-13(10-15)18(2)17-14/h6-9H,3-5,10,15H2,1-2H3. The minimum Gasteiger partial charge on any atom is -0.324 e. The lowest BCUT2D eigenvalue weighted by molar-refractivity contribution is 0.703. The zero-order valence-corrected chi connectivity index (χ0v) is 11.1. The minimum absolute atomic E-state index is 0.415. The van der Waals surface area contributed by atoms with Crippen LogP contribution in [-0.2, 0) is 20.0 Å². The maximum absolute atomic E-state index is 5.60. The second-order valence-electron chi connectivity index (χ2n) is 4.48. The fourth-order valence-corrected chi connectivity index (χ4v) is 1.92. The van der Waals surface area contributed by atoms with Crippen molar-refractivity contribution in [2.75, 3.05) is 0 Å². The molecule has 0 aliphatic rings. The van der Waals surface area contributed by atoms with Gasteiger partial charge in [-0.1, -0.05) is 37.6 Å². The molecule has 0 unspecified atom stereocenters. The molecule has 2 N–H and O–H groups in total. The predicted molar refractivity (Wildman–Crippen MR) is 72.9 cm³/mol. The van der Waals surface area contributed by atoms with Gasteiger partial charge in [0, 0.05) is 12.6 Å². The van der Waals surface area contributed by atoms with Crippen LogP contribution in [0.2, 0.25) is 0 Å². The van der Waals surface area contributed by atoms with Crippen molar-refractivity contribution >= 4 is 0 Å². The van der Waals surface area contributed by atoms with Gasteiger partial charge in [-0.2, -0.15) is 5.10 Å². The van der Waals surface area contributed by atoms with Crippen LogP contribution in [0.3, 0.4) is 0 Å². The molecule has 0 radical (unpaired) electrons. The summed E-state index contributed by atoms with van der Waals surface area (Å²) in [6.45, 7) is 2.62. The number of aryl methyl sites for hydroxylation is 2. The average molecular weight is 244 g/mol. The van der Waals surface area contributed by atoms with Crippen molar-refractivity contribution in [2.45, 2.75) is 32.7 Å². The molecule has 96 valence electrons. The molecule has 18 heavy (non-hydrogen) atoms. The van der Waals surface area contributed by atoms with Crippen LogP contribution in [0.5, 0.6) is 0 Å². The number of hydrogen-bond donors (Lipinski definition) is 1. The lowest BCUT2D eigenvalue weighted by atomic mass is 10.1. The highest BCUT2D eigenvalue weighted by Gasteiger charge is 2.07. The molecule has 0 amide bonds. The van der Waals surface area contributed by atoms with E-state index in [1.54, 1.807) is 4.68 Å². The molecule has 0 saturated carbocycles. The zero-order chi connectivity index (χ0) is 13.0. The fourth-order valence-electron chi connectivity index (χ4n) is 1.92.